The molecule has 0 atom stereocenters. The molecule has 0 nitrogen and oxygen atoms in total. The van der Waals surface area contributed by atoms with E-state index in [9.17, 15) is 0 Å². The minimum Gasteiger partial charge on any atom is -0.143 e. The van der Waals surface area contributed by atoms with Crippen LogP contribution >= 0.6 is 25.3 Å². The number of hydrogen-bond donors (Lipinski definition) is 2. The zero-order valence-corrected chi connectivity index (χ0v) is 22.5. The van der Waals surface area contributed by atoms with Gasteiger partial charge in [-0.25, -0.2) is 0 Å². The molecule has 0 aliphatic heterocycles. The van der Waals surface area contributed by atoms with Crippen LogP contribution < -0.4 is 0 Å². The van der Waals surface area contributed by atoms with Crippen molar-refractivity contribution in [3.63, 3.8) is 0 Å². The van der Waals surface area contributed by atoms with Crippen LogP contribution in [0.5, 0.6) is 0 Å². The molecule has 35 heavy (non-hydrogen) atoms. The van der Waals surface area contributed by atoms with E-state index in [0.29, 0.717) is 0 Å². The van der Waals surface area contributed by atoms with Gasteiger partial charge in [0.1, 0.15) is 0 Å². The highest BCUT2D eigenvalue weighted by molar-refractivity contribution is 7.80. The molecule has 1 aliphatic carbocycles. The van der Waals surface area contributed by atoms with Crippen LogP contribution in [0.2, 0.25) is 0 Å². The first kappa shape index (κ1) is 24.3. The second-order valence-electron chi connectivity index (χ2n) is 9.73. The van der Waals surface area contributed by atoms with Gasteiger partial charge < -0.3 is 0 Å². The Hall–Kier alpha value is -2.42. The molecule has 0 saturated heterocycles. The summed E-state index contributed by atoms with van der Waals surface area (Å²) in [5.41, 5.74) is 10.7. The van der Waals surface area contributed by atoms with Crippen molar-refractivity contribution in [2.24, 2.45) is 0 Å². The maximum Gasteiger partial charge on any atom is 0.0718 e. The molecular weight excluding hydrogens is 460 g/mol. The molecule has 0 radical (unpaired) electrons. The molecule has 0 amide bonds. The predicted octanol–water partition coefficient (Wildman–Crippen LogP) is 9.31. The van der Waals surface area contributed by atoms with Crippen LogP contribution in [0.3, 0.4) is 0 Å². The Morgan fingerprint density at radius 2 is 0.971 bits per heavy atom. The minimum atomic E-state index is -0.359. The first-order chi connectivity index (χ1) is 17.1. The Balaban J connectivity index is 1.92. The molecule has 0 heterocycles. The molecule has 1 aliphatic rings. The summed E-state index contributed by atoms with van der Waals surface area (Å²) < 4.78 is 0. The average Bonchev–Trinajstić information content (AvgIpc) is 3.17. The van der Waals surface area contributed by atoms with Crippen LogP contribution in [0.1, 0.15) is 72.9 Å². The van der Waals surface area contributed by atoms with Gasteiger partial charge in [-0.2, -0.15) is 0 Å². The topological polar surface area (TPSA) is 0 Å². The van der Waals surface area contributed by atoms with E-state index in [0.717, 1.165) is 22.6 Å². The molecule has 0 bridgehead atoms. The van der Waals surface area contributed by atoms with E-state index in [-0.39, 0.29) is 5.41 Å². The van der Waals surface area contributed by atoms with Crippen LogP contribution in [0.4, 0.5) is 0 Å². The fraction of sp³-hybridized carbons (Fsp3) is 0.273. The zero-order chi connectivity index (χ0) is 24.4. The standard InChI is InChI=1S/C33H34S2/c1-3-5-11-23-21-25(34)17-19-29(23)33(30-20-18-26(35)22-24(30)12-6-4-2)31-15-9-7-13-27(31)28-14-8-10-16-32(28)33/h7-10,13-22,34-35H,3-6,11-12H2,1-2H3. The summed E-state index contributed by atoms with van der Waals surface area (Å²) in [6.07, 6.45) is 6.80. The van der Waals surface area contributed by atoms with Gasteiger partial charge in [-0.3, -0.25) is 0 Å². The summed E-state index contributed by atoms with van der Waals surface area (Å²) in [7, 11) is 0. The van der Waals surface area contributed by atoms with Crippen molar-refractivity contribution < 1.29 is 0 Å². The van der Waals surface area contributed by atoms with Gasteiger partial charge in [0.15, 0.2) is 0 Å². The molecule has 0 unspecified atom stereocenters. The third kappa shape index (κ3) is 4.15. The molecule has 0 fully saturated rings. The maximum absolute atomic E-state index is 4.76. The van der Waals surface area contributed by atoms with Crippen molar-refractivity contribution in [1.29, 1.82) is 0 Å². The van der Waals surface area contributed by atoms with Gasteiger partial charge in [0, 0.05) is 9.79 Å². The Morgan fingerprint density at radius 1 is 0.543 bits per heavy atom. The number of thiol groups is 2. The van der Waals surface area contributed by atoms with E-state index in [4.69, 9.17) is 25.3 Å². The van der Waals surface area contributed by atoms with Crippen molar-refractivity contribution in [3.05, 3.63) is 118 Å². The number of benzene rings is 4. The fourth-order valence-electron chi connectivity index (χ4n) is 6.00. The lowest BCUT2D eigenvalue weighted by Crippen LogP contribution is -2.31. The summed E-state index contributed by atoms with van der Waals surface area (Å²) in [6, 6.07) is 31.7. The number of aryl methyl sites for hydroxylation is 2. The van der Waals surface area contributed by atoms with Crippen molar-refractivity contribution in [1.82, 2.24) is 0 Å². The first-order valence-electron chi connectivity index (χ1n) is 12.9. The quantitative estimate of drug-likeness (QED) is 0.197. The lowest BCUT2D eigenvalue weighted by molar-refractivity contribution is 0.704. The highest BCUT2D eigenvalue weighted by Crippen LogP contribution is 2.57. The van der Waals surface area contributed by atoms with Crippen LogP contribution in [-0.2, 0) is 18.3 Å². The summed E-state index contributed by atoms with van der Waals surface area (Å²) >= 11 is 9.52. The lowest BCUT2D eigenvalue weighted by Gasteiger charge is -2.37. The second kappa shape index (κ2) is 10.3. The monoisotopic (exact) mass is 494 g/mol. The Morgan fingerprint density at radius 3 is 1.40 bits per heavy atom. The molecular formula is C33H34S2. The van der Waals surface area contributed by atoms with Crippen molar-refractivity contribution in [2.75, 3.05) is 0 Å². The molecule has 0 N–H and O–H groups in total. The van der Waals surface area contributed by atoms with E-state index in [2.05, 4.69) is 98.8 Å². The van der Waals surface area contributed by atoms with Crippen LogP contribution in [0.25, 0.3) is 11.1 Å². The minimum absolute atomic E-state index is 0.359. The fourth-order valence-corrected chi connectivity index (χ4v) is 6.46. The normalized spacial score (nSPS) is 13.5. The van der Waals surface area contributed by atoms with Gasteiger partial charge in [0.05, 0.1) is 5.41 Å². The van der Waals surface area contributed by atoms with Crippen LogP contribution in [0, 0.1) is 0 Å². The molecule has 5 rings (SSSR count). The molecule has 0 saturated carbocycles. The zero-order valence-electron chi connectivity index (χ0n) is 20.7. The van der Waals surface area contributed by atoms with Crippen molar-refractivity contribution >= 4 is 25.3 Å². The Kier molecular flexibility index (Phi) is 7.14. The van der Waals surface area contributed by atoms with E-state index >= 15 is 0 Å². The summed E-state index contributed by atoms with van der Waals surface area (Å²) in [5, 5.41) is 0. The Labute approximate surface area is 221 Å². The van der Waals surface area contributed by atoms with Crippen LogP contribution in [-0.4, -0.2) is 0 Å². The SMILES string of the molecule is CCCCc1cc(S)ccc1C1(c2ccc(S)cc2CCCC)c2ccccc2-c2ccccc21. The highest BCUT2D eigenvalue weighted by atomic mass is 32.1. The van der Waals surface area contributed by atoms with E-state index in [1.54, 1.807) is 0 Å². The third-order valence-electron chi connectivity index (χ3n) is 7.54. The van der Waals surface area contributed by atoms with Crippen molar-refractivity contribution in [3.8, 4) is 11.1 Å². The second-order valence-corrected chi connectivity index (χ2v) is 10.8. The molecule has 178 valence electrons. The molecule has 0 aromatic heterocycles. The van der Waals surface area contributed by atoms with Gasteiger partial charge in [0.2, 0.25) is 0 Å². The van der Waals surface area contributed by atoms with E-state index in [1.807, 2.05) is 0 Å². The average molecular weight is 495 g/mol. The number of fused-ring (bicyclic) bond motifs is 3. The summed E-state index contributed by atoms with van der Waals surface area (Å²) in [5.74, 6) is 0. The van der Waals surface area contributed by atoms with Gasteiger partial charge in [0.25, 0.3) is 0 Å². The summed E-state index contributed by atoms with van der Waals surface area (Å²) in [4.78, 5) is 2.07. The highest BCUT2D eigenvalue weighted by Gasteiger charge is 2.47. The molecule has 2 heteroatoms. The van der Waals surface area contributed by atoms with E-state index < -0.39 is 0 Å². The largest absolute Gasteiger partial charge is 0.143 e. The Bertz CT molecular complexity index is 1250. The molecule has 0 spiro atoms. The van der Waals surface area contributed by atoms with E-state index in [1.165, 1.54) is 70.2 Å². The van der Waals surface area contributed by atoms with Crippen molar-refractivity contribution in [2.45, 2.75) is 67.6 Å². The van der Waals surface area contributed by atoms with Crippen LogP contribution in [0.15, 0.2) is 94.7 Å². The number of unbranched alkanes of at least 4 members (excludes halogenated alkanes) is 2. The third-order valence-corrected chi connectivity index (χ3v) is 8.09. The smallest absolute Gasteiger partial charge is 0.0718 e. The number of rotatable bonds is 8. The lowest BCUT2D eigenvalue weighted by atomic mass is 9.64. The summed E-state index contributed by atoms with van der Waals surface area (Å²) in [6.45, 7) is 4.54. The number of hydrogen-bond acceptors (Lipinski definition) is 2. The predicted molar refractivity (Wildman–Crippen MR) is 155 cm³/mol. The molecule has 4 aromatic rings. The first-order valence-corrected chi connectivity index (χ1v) is 13.8. The van der Waals surface area contributed by atoms with Gasteiger partial charge in [-0.1, -0.05) is 87.4 Å². The van der Waals surface area contributed by atoms with Gasteiger partial charge >= 0.3 is 0 Å². The van der Waals surface area contributed by atoms with Gasteiger partial charge in [-0.05, 0) is 94.5 Å². The maximum atomic E-state index is 4.76. The van der Waals surface area contributed by atoms with Gasteiger partial charge in [-0.15, -0.1) is 25.3 Å². The molecule has 4 aromatic carbocycles.